The van der Waals surface area contributed by atoms with E-state index in [1.807, 2.05) is 22.9 Å². The molecule has 0 amide bonds. The maximum Gasteiger partial charge on any atom is 0.0745 e. The molecule has 4 nitrogen and oxygen atoms in total. The maximum absolute atomic E-state index is 5.61. The molecule has 0 radical (unpaired) electrons. The normalized spacial score (nSPS) is 10.9. The van der Waals surface area contributed by atoms with Crippen molar-refractivity contribution in [1.82, 2.24) is 15.0 Å². The van der Waals surface area contributed by atoms with E-state index in [2.05, 4.69) is 34.6 Å². The van der Waals surface area contributed by atoms with Crippen molar-refractivity contribution in [3.8, 4) is 5.69 Å². The average molecular weight is 238 g/mol. The maximum atomic E-state index is 5.61. The first-order valence-electron chi connectivity index (χ1n) is 5.98. The van der Waals surface area contributed by atoms with Gasteiger partial charge < -0.3 is 5.73 Å². The van der Waals surface area contributed by atoms with E-state index in [1.165, 1.54) is 10.8 Å². The molecule has 0 saturated heterocycles. The topological polar surface area (TPSA) is 56.7 Å². The Hall–Kier alpha value is -2.20. The zero-order valence-corrected chi connectivity index (χ0v) is 9.95. The predicted molar refractivity (Wildman–Crippen MR) is 71.6 cm³/mol. The third-order valence-corrected chi connectivity index (χ3v) is 3.02. The highest BCUT2D eigenvalue weighted by molar-refractivity contribution is 5.90. The lowest BCUT2D eigenvalue weighted by atomic mass is 10.1. The molecule has 0 fully saturated rings. The first-order chi connectivity index (χ1) is 8.90. The van der Waals surface area contributed by atoms with Crippen LogP contribution < -0.4 is 5.73 Å². The first kappa shape index (κ1) is 10.9. The lowest BCUT2D eigenvalue weighted by Crippen LogP contribution is -2.09. The highest BCUT2D eigenvalue weighted by atomic mass is 15.4. The van der Waals surface area contributed by atoms with E-state index >= 15 is 0 Å². The summed E-state index contributed by atoms with van der Waals surface area (Å²) in [5, 5.41) is 10.5. The highest BCUT2D eigenvalue weighted by Gasteiger charge is 2.08. The van der Waals surface area contributed by atoms with Crippen LogP contribution in [-0.4, -0.2) is 21.5 Å². The van der Waals surface area contributed by atoms with Crippen LogP contribution in [0.5, 0.6) is 0 Å². The van der Waals surface area contributed by atoms with Crippen LogP contribution in [0, 0.1) is 0 Å². The monoisotopic (exact) mass is 238 g/mol. The van der Waals surface area contributed by atoms with E-state index in [1.54, 1.807) is 6.20 Å². The van der Waals surface area contributed by atoms with Gasteiger partial charge in [-0.1, -0.05) is 41.6 Å². The molecule has 1 aromatic heterocycles. The van der Waals surface area contributed by atoms with Crippen molar-refractivity contribution < 1.29 is 0 Å². The lowest BCUT2D eigenvalue weighted by Gasteiger charge is -2.08. The molecule has 3 aromatic rings. The largest absolute Gasteiger partial charge is 0.330 e. The second-order valence-electron chi connectivity index (χ2n) is 4.17. The van der Waals surface area contributed by atoms with Gasteiger partial charge in [0.05, 0.1) is 17.6 Å². The van der Waals surface area contributed by atoms with Gasteiger partial charge in [0, 0.05) is 11.8 Å². The summed E-state index contributed by atoms with van der Waals surface area (Å²) < 4.78 is 1.87. The summed E-state index contributed by atoms with van der Waals surface area (Å²) in [5.41, 5.74) is 7.70. The van der Waals surface area contributed by atoms with Crippen LogP contribution >= 0.6 is 0 Å². The summed E-state index contributed by atoms with van der Waals surface area (Å²) in [7, 11) is 0. The molecule has 0 aliphatic heterocycles. The van der Waals surface area contributed by atoms with E-state index in [0.29, 0.717) is 6.54 Å². The van der Waals surface area contributed by atoms with Gasteiger partial charge in [0.25, 0.3) is 0 Å². The molecule has 0 bridgehead atoms. The molecule has 1 heterocycles. The molecule has 3 rings (SSSR count). The SMILES string of the molecule is NCCc1cnnn1-c1cccc2ccccc12. The molecule has 0 aliphatic rings. The molecular weight excluding hydrogens is 224 g/mol. The van der Waals surface area contributed by atoms with Crippen LogP contribution in [0.3, 0.4) is 0 Å². The summed E-state index contributed by atoms with van der Waals surface area (Å²) in [5.74, 6) is 0. The summed E-state index contributed by atoms with van der Waals surface area (Å²) >= 11 is 0. The van der Waals surface area contributed by atoms with Crippen molar-refractivity contribution >= 4 is 10.8 Å². The zero-order valence-electron chi connectivity index (χ0n) is 9.95. The number of nitrogens with zero attached hydrogens (tertiary/aromatic N) is 3. The molecule has 4 heteroatoms. The molecule has 90 valence electrons. The van der Waals surface area contributed by atoms with E-state index in [0.717, 1.165) is 17.8 Å². The van der Waals surface area contributed by atoms with Crippen molar-refractivity contribution in [1.29, 1.82) is 0 Å². The Balaban J connectivity index is 2.22. The van der Waals surface area contributed by atoms with Gasteiger partial charge in [0.15, 0.2) is 0 Å². The quantitative estimate of drug-likeness (QED) is 0.758. The molecule has 0 spiro atoms. The van der Waals surface area contributed by atoms with E-state index in [4.69, 9.17) is 5.73 Å². The fourth-order valence-corrected chi connectivity index (χ4v) is 2.17. The van der Waals surface area contributed by atoms with E-state index < -0.39 is 0 Å². The number of hydrogen-bond acceptors (Lipinski definition) is 3. The van der Waals surface area contributed by atoms with Crippen molar-refractivity contribution in [2.75, 3.05) is 6.54 Å². The lowest BCUT2D eigenvalue weighted by molar-refractivity contribution is 0.759. The first-order valence-corrected chi connectivity index (χ1v) is 5.98. The van der Waals surface area contributed by atoms with Crippen LogP contribution in [0.25, 0.3) is 16.5 Å². The Bertz CT molecular complexity index is 667. The Morgan fingerprint density at radius 2 is 1.89 bits per heavy atom. The van der Waals surface area contributed by atoms with Crippen LogP contribution in [0.2, 0.25) is 0 Å². The standard InChI is InChI=1S/C14H14N4/c15-9-8-12-10-16-17-18(12)14-7-3-5-11-4-1-2-6-13(11)14/h1-7,10H,8-9,15H2. The van der Waals surface area contributed by atoms with Crippen molar-refractivity contribution in [3.05, 3.63) is 54.4 Å². The van der Waals surface area contributed by atoms with Gasteiger partial charge in [-0.05, 0) is 18.0 Å². The third kappa shape index (κ3) is 1.76. The number of rotatable bonds is 3. The van der Waals surface area contributed by atoms with Gasteiger partial charge in [0.2, 0.25) is 0 Å². The summed E-state index contributed by atoms with van der Waals surface area (Å²) in [6.45, 7) is 0.595. The van der Waals surface area contributed by atoms with E-state index in [-0.39, 0.29) is 0 Å². The van der Waals surface area contributed by atoms with Gasteiger partial charge in [-0.15, -0.1) is 5.10 Å². The second kappa shape index (κ2) is 4.58. The average Bonchev–Trinajstić information content (AvgIpc) is 2.87. The van der Waals surface area contributed by atoms with Crippen LogP contribution in [0.15, 0.2) is 48.7 Å². The van der Waals surface area contributed by atoms with Crippen molar-refractivity contribution in [3.63, 3.8) is 0 Å². The van der Waals surface area contributed by atoms with Crippen LogP contribution in [-0.2, 0) is 6.42 Å². The molecule has 2 aromatic carbocycles. The Morgan fingerprint density at radius 1 is 1.06 bits per heavy atom. The van der Waals surface area contributed by atoms with Gasteiger partial charge in [-0.2, -0.15) is 0 Å². The second-order valence-corrected chi connectivity index (χ2v) is 4.17. The fourth-order valence-electron chi connectivity index (χ4n) is 2.17. The molecule has 18 heavy (non-hydrogen) atoms. The minimum Gasteiger partial charge on any atom is -0.330 e. The number of fused-ring (bicyclic) bond motifs is 1. The predicted octanol–water partition coefficient (Wildman–Crippen LogP) is 1.92. The molecule has 0 unspecified atom stereocenters. The fraction of sp³-hybridized carbons (Fsp3) is 0.143. The van der Waals surface area contributed by atoms with Gasteiger partial charge in [-0.3, -0.25) is 0 Å². The molecular formula is C14H14N4. The summed E-state index contributed by atoms with van der Waals surface area (Å²) in [4.78, 5) is 0. The van der Waals surface area contributed by atoms with Gasteiger partial charge in [-0.25, -0.2) is 4.68 Å². The Labute approximate surface area is 105 Å². The van der Waals surface area contributed by atoms with Crippen LogP contribution in [0.1, 0.15) is 5.69 Å². The third-order valence-electron chi connectivity index (χ3n) is 3.02. The molecule has 0 aliphatic carbocycles. The van der Waals surface area contributed by atoms with Crippen molar-refractivity contribution in [2.45, 2.75) is 6.42 Å². The van der Waals surface area contributed by atoms with Crippen molar-refractivity contribution in [2.24, 2.45) is 5.73 Å². The van der Waals surface area contributed by atoms with Crippen LogP contribution in [0.4, 0.5) is 0 Å². The molecule has 0 saturated carbocycles. The minimum atomic E-state index is 0.595. The smallest absolute Gasteiger partial charge is 0.0745 e. The number of nitrogens with two attached hydrogens (primary N) is 1. The molecule has 0 atom stereocenters. The van der Waals surface area contributed by atoms with E-state index in [9.17, 15) is 0 Å². The Morgan fingerprint density at radius 3 is 2.78 bits per heavy atom. The number of aromatic nitrogens is 3. The summed E-state index contributed by atoms with van der Waals surface area (Å²) in [6.07, 6.45) is 2.55. The zero-order chi connectivity index (χ0) is 12.4. The minimum absolute atomic E-state index is 0.595. The highest BCUT2D eigenvalue weighted by Crippen LogP contribution is 2.22. The Kier molecular flexibility index (Phi) is 2.78. The van der Waals surface area contributed by atoms with Gasteiger partial charge >= 0.3 is 0 Å². The molecule has 2 N–H and O–H groups in total. The van der Waals surface area contributed by atoms with Gasteiger partial charge in [0.1, 0.15) is 0 Å². The number of hydrogen-bond donors (Lipinski definition) is 1. The number of benzene rings is 2. The summed E-state index contributed by atoms with van der Waals surface area (Å²) in [6, 6.07) is 14.4.